The molecule has 1 aliphatic rings. The van der Waals surface area contributed by atoms with E-state index in [1.807, 2.05) is 6.92 Å². The van der Waals surface area contributed by atoms with E-state index in [4.69, 9.17) is 5.73 Å². The highest BCUT2D eigenvalue weighted by Crippen LogP contribution is 2.20. The number of anilines is 1. The van der Waals surface area contributed by atoms with Crippen LogP contribution in [0.4, 0.5) is 5.69 Å². The highest BCUT2D eigenvalue weighted by molar-refractivity contribution is 5.30. The molecule has 1 aliphatic heterocycles. The molecule has 4 N–H and O–H groups in total. The van der Waals surface area contributed by atoms with Crippen molar-refractivity contribution in [1.29, 1.82) is 0 Å². The minimum absolute atomic E-state index is 0.223. The first-order chi connectivity index (χ1) is 9.04. The van der Waals surface area contributed by atoms with Gasteiger partial charge in [-0.15, -0.1) is 0 Å². The van der Waals surface area contributed by atoms with Crippen molar-refractivity contribution in [3.05, 3.63) is 12.4 Å². The number of aliphatic hydroxyl groups excluding tert-OH is 2. The Morgan fingerprint density at radius 1 is 1.37 bits per heavy atom. The average molecular weight is 268 g/mol. The van der Waals surface area contributed by atoms with Crippen LogP contribution in [0.1, 0.15) is 19.8 Å². The van der Waals surface area contributed by atoms with Gasteiger partial charge in [0, 0.05) is 12.7 Å². The minimum atomic E-state index is -0.442. The van der Waals surface area contributed by atoms with Gasteiger partial charge >= 0.3 is 0 Å². The minimum Gasteiger partial charge on any atom is -0.396 e. The monoisotopic (exact) mass is 268 g/mol. The number of likely N-dealkylation sites (tertiary alicyclic amines) is 1. The number of nitrogens with zero attached hydrogens (tertiary/aromatic N) is 3. The van der Waals surface area contributed by atoms with E-state index in [1.165, 1.54) is 0 Å². The second kappa shape index (κ2) is 6.36. The van der Waals surface area contributed by atoms with Gasteiger partial charge in [0.2, 0.25) is 0 Å². The van der Waals surface area contributed by atoms with E-state index < -0.39 is 6.10 Å². The maximum absolute atomic E-state index is 10.0. The molecule has 108 valence electrons. The molecule has 2 rings (SSSR count). The normalized spacial score (nSPS) is 21.4. The molecule has 2 unspecified atom stereocenters. The molecular formula is C13H24N4O2. The van der Waals surface area contributed by atoms with Crippen molar-refractivity contribution in [2.24, 2.45) is 5.92 Å². The summed E-state index contributed by atoms with van der Waals surface area (Å²) in [6, 6.07) is 0. The van der Waals surface area contributed by atoms with Crippen LogP contribution in [-0.2, 0) is 6.54 Å². The lowest BCUT2D eigenvalue weighted by atomic mass is 9.92. The average Bonchev–Trinajstić information content (AvgIpc) is 2.75. The number of hydrogen-bond donors (Lipinski definition) is 3. The van der Waals surface area contributed by atoms with Crippen LogP contribution in [0.25, 0.3) is 0 Å². The molecule has 2 heterocycles. The Balaban J connectivity index is 1.73. The summed E-state index contributed by atoms with van der Waals surface area (Å²) in [4.78, 5) is 2.25. The van der Waals surface area contributed by atoms with Crippen molar-refractivity contribution in [2.75, 3.05) is 25.4 Å². The third-order valence-electron chi connectivity index (χ3n) is 3.83. The molecule has 19 heavy (non-hydrogen) atoms. The van der Waals surface area contributed by atoms with Gasteiger partial charge in [-0.1, -0.05) is 0 Å². The molecule has 1 aromatic rings. The zero-order valence-electron chi connectivity index (χ0n) is 11.4. The predicted octanol–water partition coefficient (Wildman–Crippen LogP) is -0.0810. The molecule has 0 aliphatic carbocycles. The number of rotatable bonds is 5. The summed E-state index contributed by atoms with van der Waals surface area (Å²) in [5, 5.41) is 23.7. The van der Waals surface area contributed by atoms with Crippen molar-refractivity contribution >= 4 is 5.69 Å². The smallest absolute Gasteiger partial charge is 0.0862 e. The zero-order valence-corrected chi connectivity index (χ0v) is 11.4. The van der Waals surface area contributed by atoms with Crippen molar-refractivity contribution in [1.82, 2.24) is 14.7 Å². The number of piperidine rings is 1. The fourth-order valence-corrected chi connectivity index (χ4v) is 2.67. The largest absolute Gasteiger partial charge is 0.396 e. The number of aromatic nitrogens is 2. The SMILES string of the molecule is CC(O)C1CCN(CC(O)Cn2cc(N)cn2)CC1. The van der Waals surface area contributed by atoms with Crippen molar-refractivity contribution in [2.45, 2.75) is 38.5 Å². The summed E-state index contributed by atoms with van der Waals surface area (Å²) in [5.41, 5.74) is 6.20. The molecule has 0 radical (unpaired) electrons. The van der Waals surface area contributed by atoms with Gasteiger partial charge in [0.1, 0.15) is 0 Å². The molecule has 0 amide bonds. The topological polar surface area (TPSA) is 87.5 Å². The van der Waals surface area contributed by atoms with Crippen LogP contribution in [0, 0.1) is 5.92 Å². The molecule has 1 aromatic heterocycles. The second-order valence-corrected chi connectivity index (χ2v) is 5.53. The second-order valence-electron chi connectivity index (χ2n) is 5.53. The maximum atomic E-state index is 10.0. The van der Waals surface area contributed by atoms with E-state index in [-0.39, 0.29) is 6.10 Å². The number of nitrogen functional groups attached to an aromatic ring is 1. The van der Waals surface area contributed by atoms with Crippen LogP contribution < -0.4 is 5.73 Å². The van der Waals surface area contributed by atoms with Gasteiger partial charge in [-0.25, -0.2) is 0 Å². The molecule has 0 aromatic carbocycles. The molecule has 6 heteroatoms. The Morgan fingerprint density at radius 2 is 2.05 bits per heavy atom. The highest BCUT2D eigenvalue weighted by Gasteiger charge is 2.23. The Hall–Kier alpha value is -1.11. The lowest BCUT2D eigenvalue weighted by Crippen LogP contribution is -2.41. The van der Waals surface area contributed by atoms with Crippen LogP contribution in [0.2, 0.25) is 0 Å². The first kappa shape index (κ1) is 14.3. The molecule has 0 saturated carbocycles. The highest BCUT2D eigenvalue weighted by atomic mass is 16.3. The summed E-state index contributed by atoms with van der Waals surface area (Å²) < 4.78 is 1.67. The standard InChI is InChI=1S/C13H24N4O2/c1-10(18)11-2-4-16(5-3-11)8-13(19)9-17-7-12(14)6-15-17/h6-7,10-11,13,18-19H,2-5,8-9,14H2,1H3. The first-order valence-corrected chi connectivity index (χ1v) is 6.91. The summed E-state index contributed by atoms with van der Waals surface area (Å²) in [7, 11) is 0. The van der Waals surface area contributed by atoms with Gasteiger partial charge in [0.15, 0.2) is 0 Å². The Kier molecular flexibility index (Phi) is 4.79. The molecule has 6 nitrogen and oxygen atoms in total. The third kappa shape index (κ3) is 4.19. The van der Waals surface area contributed by atoms with Gasteiger partial charge in [0.25, 0.3) is 0 Å². The predicted molar refractivity (Wildman–Crippen MR) is 73.5 cm³/mol. The van der Waals surface area contributed by atoms with Crippen molar-refractivity contribution < 1.29 is 10.2 Å². The van der Waals surface area contributed by atoms with Gasteiger partial charge in [-0.3, -0.25) is 4.68 Å². The number of hydrogen-bond acceptors (Lipinski definition) is 5. The van der Waals surface area contributed by atoms with Crippen molar-refractivity contribution in [3.63, 3.8) is 0 Å². The molecule has 1 fully saturated rings. The zero-order chi connectivity index (χ0) is 13.8. The number of β-amino-alcohol motifs (C(OH)–C–C–N with tert-alkyl or cyclic N) is 1. The fraction of sp³-hybridized carbons (Fsp3) is 0.769. The lowest BCUT2D eigenvalue weighted by Gasteiger charge is -2.34. The summed E-state index contributed by atoms with van der Waals surface area (Å²) >= 11 is 0. The van der Waals surface area contributed by atoms with E-state index in [9.17, 15) is 10.2 Å². The van der Waals surface area contributed by atoms with E-state index in [1.54, 1.807) is 17.1 Å². The van der Waals surface area contributed by atoms with Crippen LogP contribution in [-0.4, -0.2) is 56.7 Å². The lowest BCUT2D eigenvalue weighted by molar-refractivity contribution is 0.0435. The number of nitrogens with two attached hydrogens (primary N) is 1. The molecule has 1 saturated heterocycles. The Bertz CT molecular complexity index is 386. The number of aliphatic hydroxyl groups is 2. The Morgan fingerprint density at radius 3 is 2.58 bits per heavy atom. The quantitative estimate of drug-likeness (QED) is 0.695. The van der Waals surface area contributed by atoms with Gasteiger partial charge in [0.05, 0.1) is 30.6 Å². The molecule has 0 spiro atoms. The van der Waals surface area contributed by atoms with Gasteiger partial charge in [-0.05, 0) is 38.8 Å². The van der Waals surface area contributed by atoms with E-state index in [0.717, 1.165) is 25.9 Å². The third-order valence-corrected chi connectivity index (χ3v) is 3.83. The molecule has 0 bridgehead atoms. The van der Waals surface area contributed by atoms with Crippen LogP contribution >= 0.6 is 0 Å². The van der Waals surface area contributed by atoms with Gasteiger partial charge < -0.3 is 20.8 Å². The summed E-state index contributed by atoms with van der Waals surface area (Å²) in [6.45, 7) is 4.85. The van der Waals surface area contributed by atoms with E-state index in [2.05, 4.69) is 10.00 Å². The van der Waals surface area contributed by atoms with Crippen LogP contribution in [0.3, 0.4) is 0 Å². The summed E-state index contributed by atoms with van der Waals surface area (Å²) in [6.07, 6.45) is 4.64. The maximum Gasteiger partial charge on any atom is 0.0862 e. The molecule has 2 atom stereocenters. The van der Waals surface area contributed by atoms with Gasteiger partial charge in [-0.2, -0.15) is 5.10 Å². The van der Waals surface area contributed by atoms with Crippen LogP contribution in [0.15, 0.2) is 12.4 Å². The van der Waals surface area contributed by atoms with E-state index in [0.29, 0.717) is 24.7 Å². The first-order valence-electron chi connectivity index (χ1n) is 6.91. The fourth-order valence-electron chi connectivity index (χ4n) is 2.67. The van der Waals surface area contributed by atoms with Crippen molar-refractivity contribution in [3.8, 4) is 0 Å². The Labute approximate surface area is 113 Å². The molecular weight excluding hydrogens is 244 g/mol. The van der Waals surface area contributed by atoms with Crippen LogP contribution in [0.5, 0.6) is 0 Å². The van der Waals surface area contributed by atoms with E-state index >= 15 is 0 Å². The summed E-state index contributed by atoms with van der Waals surface area (Å²) in [5.74, 6) is 0.402.